The van der Waals surface area contributed by atoms with Crippen LogP contribution < -0.4 is 10.6 Å². The van der Waals surface area contributed by atoms with Crippen LogP contribution in [0.3, 0.4) is 0 Å². The van der Waals surface area contributed by atoms with Crippen molar-refractivity contribution in [2.24, 2.45) is 0 Å². The second-order valence-electron chi connectivity index (χ2n) is 8.88. The number of hydrogen-bond acceptors (Lipinski definition) is 4. The van der Waals surface area contributed by atoms with Gasteiger partial charge in [-0.3, -0.25) is 9.69 Å². The van der Waals surface area contributed by atoms with Gasteiger partial charge in [0.1, 0.15) is 11.6 Å². The fourth-order valence-electron chi connectivity index (χ4n) is 4.81. The van der Waals surface area contributed by atoms with Crippen LogP contribution >= 0.6 is 0 Å². The maximum atomic E-state index is 14.5. The molecule has 0 bridgehead atoms. The number of anilines is 2. The number of ether oxygens (including phenoxy) is 1. The zero-order valence-electron chi connectivity index (χ0n) is 19.8. The molecule has 5 rings (SSSR count). The number of nitrogens with one attached hydrogen (secondary N) is 3. The van der Waals surface area contributed by atoms with E-state index in [1.807, 2.05) is 13.8 Å². The van der Waals surface area contributed by atoms with Gasteiger partial charge < -0.3 is 20.4 Å². The van der Waals surface area contributed by atoms with Crippen molar-refractivity contribution in [3.05, 3.63) is 70.5 Å². The first-order valence-corrected chi connectivity index (χ1v) is 11.8. The molecule has 182 valence electrons. The number of aromatic amines is 1. The molecule has 3 aromatic rings. The molecule has 8 heteroatoms. The summed E-state index contributed by atoms with van der Waals surface area (Å²) in [6.45, 7) is 9.16. The smallest absolute Gasteiger partial charge is 0.256 e. The molecule has 1 amide bonds. The highest BCUT2D eigenvalue weighted by atomic mass is 19.1. The molecule has 2 aromatic carbocycles. The minimum absolute atomic E-state index is 0.149. The van der Waals surface area contributed by atoms with E-state index in [9.17, 15) is 13.6 Å². The van der Waals surface area contributed by atoms with Crippen molar-refractivity contribution in [3.63, 3.8) is 0 Å². The minimum Gasteiger partial charge on any atom is -0.382 e. The van der Waals surface area contributed by atoms with Crippen LogP contribution in [0.5, 0.6) is 0 Å². The Balaban J connectivity index is 1.43. The number of carbonyl (C=O) groups excluding carboxylic acids is 1. The molecule has 0 saturated carbocycles. The fourth-order valence-corrected chi connectivity index (χ4v) is 4.81. The Morgan fingerprint density at radius 1 is 1.06 bits per heavy atom. The first-order chi connectivity index (χ1) is 16.9. The third-order valence-electron chi connectivity index (χ3n) is 6.67. The summed E-state index contributed by atoms with van der Waals surface area (Å²) in [5, 5.41) is 6.34. The van der Waals surface area contributed by atoms with Crippen molar-refractivity contribution in [1.29, 1.82) is 0 Å². The zero-order chi connectivity index (χ0) is 24.5. The average molecular weight is 479 g/mol. The number of halogens is 2. The zero-order valence-corrected chi connectivity index (χ0v) is 19.8. The van der Waals surface area contributed by atoms with Gasteiger partial charge in [0, 0.05) is 48.7 Å². The van der Waals surface area contributed by atoms with Gasteiger partial charge in [0.25, 0.3) is 5.91 Å². The first-order valence-electron chi connectivity index (χ1n) is 11.8. The fraction of sp³-hybridized carbons (Fsp3) is 0.296. The van der Waals surface area contributed by atoms with Crippen molar-refractivity contribution >= 4 is 28.9 Å². The monoisotopic (exact) mass is 478 g/mol. The number of benzene rings is 2. The Bertz CT molecular complexity index is 1290. The highest BCUT2D eigenvalue weighted by Crippen LogP contribution is 2.42. The van der Waals surface area contributed by atoms with E-state index in [2.05, 4.69) is 20.5 Å². The van der Waals surface area contributed by atoms with Crippen LogP contribution in [-0.2, 0) is 9.53 Å². The van der Waals surface area contributed by atoms with Gasteiger partial charge in [-0.15, -0.1) is 0 Å². The summed E-state index contributed by atoms with van der Waals surface area (Å²) in [7, 11) is 0. The van der Waals surface area contributed by atoms with E-state index in [0.29, 0.717) is 22.4 Å². The van der Waals surface area contributed by atoms with Gasteiger partial charge in [0.15, 0.2) is 0 Å². The topological polar surface area (TPSA) is 69.4 Å². The van der Waals surface area contributed by atoms with Crippen molar-refractivity contribution in [1.82, 2.24) is 9.88 Å². The lowest BCUT2D eigenvalue weighted by Gasteiger charge is -2.26. The number of amides is 1. The van der Waals surface area contributed by atoms with Crippen LogP contribution in [-0.4, -0.2) is 55.2 Å². The van der Waals surface area contributed by atoms with E-state index in [1.165, 1.54) is 18.2 Å². The molecule has 2 aliphatic rings. The third kappa shape index (κ3) is 4.47. The maximum absolute atomic E-state index is 14.5. The number of H-pyrrole nitrogens is 1. The van der Waals surface area contributed by atoms with Gasteiger partial charge in [0.2, 0.25) is 0 Å². The van der Waals surface area contributed by atoms with Crippen LogP contribution in [0.1, 0.15) is 22.5 Å². The Labute approximate surface area is 203 Å². The number of fused-ring (bicyclic) bond motifs is 1. The number of morpholine rings is 1. The average Bonchev–Trinajstić information content (AvgIpc) is 3.30. The molecule has 6 nitrogen and oxygen atoms in total. The van der Waals surface area contributed by atoms with Crippen molar-refractivity contribution in [3.8, 4) is 11.1 Å². The van der Waals surface area contributed by atoms with Crippen molar-refractivity contribution < 1.29 is 18.3 Å². The van der Waals surface area contributed by atoms with Gasteiger partial charge in [-0.1, -0.05) is 24.3 Å². The Hall–Kier alpha value is -3.49. The van der Waals surface area contributed by atoms with Crippen LogP contribution in [0.2, 0.25) is 0 Å². The summed E-state index contributed by atoms with van der Waals surface area (Å²) in [6.07, 6.45) is 1.80. The largest absolute Gasteiger partial charge is 0.382 e. The highest BCUT2D eigenvalue weighted by molar-refractivity contribution is 6.36. The van der Waals surface area contributed by atoms with Gasteiger partial charge in [-0.25, -0.2) is 8.78 Å². The van der Waals surface area contributed by atoms with E-state index >= 15 is 0 Å². The Kier molecular flexibility index (Phi) is 6.40. The Morgan fingerprint density at radius 2 is 1.74 bits per heavy atom. The maximum Gasteiger partial charge on any atom is 0.256 e. The number of hydrogen-bond donors (Lipinski definition) is 3. The molecular formula is C27H28F2N4O2. The summed E-state index contributed by atoms with van der Waals surface area (Å²) >= 11 is 0. The summed E-state index contributed by atoms with van der Waals surface area (Å²) in [5.41, 5.74) is 5.47. The Morgan fingerprint density at radius 3 is 2.49 bits per heavy atom. The van der Waals surface area contributed by atoms with E-state index in [4.69, 9.17) is 4.74 Å². The number of rotatable bonds is 6. The van der Waals surface area contributed by atoms with E-state index < -0.39 is 11.6 Å². The molecule has 3 heterocycles. The van der Waals surface area contributed by atoms with E-state index in [-0.39, 0.29) is 11.5 Å². The quantitative estimate of drug-likeness (QED) is 0.445. The van der Waals surface area contributed by atoms with Crippen molar-refractivity contribution in [2.45, 2.75) is 13.8 Å². The second-order valence-corrected chi connectivity index (χ2v) is 8.88. The van der Waals surface area contributed by atoms with Crippen molar-refractivity contribution in [2.75, 3.05) is 50.0 Å². The molecule has 3 N–H and O–H groups in total. The van der Waals surface area contributed by atoms with E-state index in [0.717, 1.165) is 62.0 Å². The van der Waals surface area contributed by atoms with Gasteiger partial charge in [0.05, 0.1) is 35.7 Å². The molecular weight excluding hydrogens is 450 g/mol. The molecule has 0 aliphatic carbocycles. The molecule has 0 radical (unpaired) electrons. The van der Waals surface area contributed by atoms with Gasteiger partial charge in [-0.2, -0.15) is 0 Å². The summed E-state index contributed by atoms with van der Waals surface area (Å²) in [6, 6.07) is 8.86. The normalized spacial score (nSPS) is 17.0. The second kappa shape index (κ2) is 9.64. The van der Waals surface area contributed by atoms with Crippen LogP contribution in [0.25, 0.3) is 22.8 Å². The molecule has 0 unspecified atom stereocenters. The highest BCUT2D eigenvalue weighted by Gasteiger charge is 2.29. The summed E-state index contributed by atoms with van der Waals surface area (Å²) < 4.78 is 34.4. The SMILES string of the molecule is Cc1[nH]c(/C=C2\C(=O)Nc3c2cccc3-c2c(F)cccc2F)c(C)c1NCCN1CCOCC1. The summed E-state index contributed by atoms with van der Waals surface area (Å²) in [4.78, 5) is 18.7. The number of aromatic nitrogens is 1. The predicted octanol–water partition coefficient (Wildman–Crippen LogP) is 4.81. The van der Waals surface area contributed by atoms with Gasteiger partial charge in [-0.05, 0) is 37.6 Å². The van der Waals surface area contributed by atoms with Crippen LogP contribution in [0, 0.1) is 25.5 Å². The number of para-hydroxylation sites is 1. The molecule has 35 heavy (non-hydrogen) atoms. The first kappa shape index (κ1) is 23.3. The standard InChI is InChI=1S/C27H28F2N4O2/c1-16-23(31-17(2)25(16)30-9-10-33-11-13-35-14-12-33)15-20-18-5-3-6-19(26(18)32-27(20)34)24-21(28)7-4-8-22(24)29/h3-8,15,30-31H,9-14H2,1-2H3,(H,32,34)/b20-15-. The third-order valence-corrected chi connectivity index (χ3v) is 6.67. The molecule has 0 atom stereocenters. The number of aryl methyl sites for hydroxylation is 1. The molecule has 2 aliphatic heterocycles. The molecule has 1 aromatic heterocycles. The number of nitrogens with zero attached hydrogens (tertiary/aromatic N) is 1. The van der Waals surface area contributed by atoms with E-state index in [1.54, 1.807) is 24.3 Å². The molecule has 1 saturated heterocycles. The van der Waals surface area contributed by atoms with Gasteiger partial charge >= 0.3 is 0 Å². The lowest BCUT2D eigenvalue weighted by molar-refractivity contribution is -0.110. The van der Waals surface area contributed by atoms with Crippen LogP contribution in [0.15, 0.2) is 36.4 Å². The molecule has 1 fully saturated rings. The number of carbonyl (C=O) groups is 1. The predicted molar refractivity (Wildman–Crippen MR) is 134 cm³/mol. The minimum atomic E-state index is -0.672. The summed E-state index contributed by atoms with van der Waals surface area (Å²) in [5.74, 6) is -1.65. The molecule has 0 spiro atoms. The lowest BCUT2D eigenvalue weighted by Crippen LogP contribution is -2.39. The lowest BCUT2D eigenvalue weighted by atomic mass is 9.97. The van der Waals surface area contributed by atoms with Crippen LogP contribution in [0.4, 0.5) is 20.2 Å².